The minimum Gasteiger partial charge on any atom is -0.454 e. The SMILES string of the molecule is CCN(Cc1ccc2c(c1)OCO2)C(=O)CCN1C(=O)CCC1=O. The quantitative estimate of drug-likeness (QED) is 0.734. The van der Waals surface area contributed by atoms with Crippen LogP contribution in [0.1, 0.15) is 31.7 Å². The molecule has 7 nitrogen and oxygen atoms in total. The van der Waals surface area contributed by atoms with Crippen LogP contribution in [0.4, 0.5) is 0 Å². The van der Waals surface area contributed by atoms with E-state index in [-0.39, 0.29) is 50.3 Å². The van der Waals surface area contributed by atoms with E-state index in [4.69, 9.17) is 9.47 Å². The smallest absolute Gasteiger partial charge is 0.231 e. The third-order valence-corrected chi connectivity index (χ3v) is 4.25. The van der Waals surface area contributed by atoms with Gasteiger partial charge in [-0.05, 0) is 24.6 Å². The highest BCUT2D eigenvalue weighted by molar-refractivity contribution is 6.02. The number of carbonyl (C=O) groups is 3. The molecule has 0 aromatic heterocycles. The van der Waals surface area contributed by atoms with Crippen LogP contribution in [0.25, 0.3) is 0 Å². The highest BCUT2D eigenvalue weighted by Crippen LogP contribution is 2.32. The zero-order valence-corrected chi connectivity index (χ0v) is 13.6. The molecule has 0 unspecified atom stereocenters. The van der Waals surface area contributed by atoms with Crippen LogP contribution in [0, 0.1) is 0 Å². The molecule has 24 heavy (non-hydrogen) atoms. The number of fused-ring (bicyclic) bond motifs is 1. The summed E-state index contributed by atoms with van der Waals surface area (Å²) in [6, 6.07) is 5.60. The molecule has 0 bridgehead atoms. The zero-order valence-electron chi connectivity index (χ0n) is 13.6. The lowest BCUT2D eigenvalue weighted by Gasteiger charge is -2.22. The van der Waals surface area contributed by atoms with Crippen molar-refractivity contribution in [2.24, 2.45) is 0 Å². The molecule has 1 saturated heterocycles. The topological polar surface area (TPSA) is 76.2 Å². The van der Waals surface area contributed by atoms with Gasteiger partial charge in [0.15, 0.2) is 11.5 Å². The summed E-state index contributed by atoms with van der Waals surface area (Å²) in [6.45, 7) is 3.28. The van der Waals surface area contributed by atoms with E-state index in [0.717, 1.165) is 5.56 Å². The van der Waals surface area contributed by atoms with Crippen molar-refractivity contribution in [2.45, 2.75) is 32.7 Å². The summed E-state index contributed by atoms with van der Waals surface area (Å²) >= 11 is 0. The van der Waals surface area contributed by atoms with Gasteiger partial charge in [0.05, 0.1) is 0 Å². The molecule has 1 aromatic rings. The maximum atomic E-state index is 12.4. The molecule has 2 aliphatic heterocycles. The van der Waals surface area contributed by atoms with Crippen LogP contribution in [0.15, 0.2) is 18.2 Å². The maximum Gasteiger partial charge on any atom is 0.231 e. The van der Waals surface area contributed by atoms with E-state index in [1.54, 1.807) is 4.90 Å². The number of carbonyl (C=O) groups excluding carboxylic acids is 3. The Kier molecular flexibility index (Phi) is 4.69. The van der Waals surface area contributed by atoms with E-state index in [1.807, 2.05) is 25.1 Å². The fraction of sp³-hybridized carbons (Fsp3) is 0.471. The molecule has 0 N–H and O–H groups in total. The van der Waals surface area contributed by atoms with Gasteiger partial charge in [-0.25, -0.2) is 0 Å². The van der Waals surface area contributed by atoms with Crippen molar-refractivity contribution in [1.82, 2.24) is 9.80 Å². The molecule has 0 saturated carbocycles. The van der Waals surface area contributed by atoms with Crippen LogP contribution in [-0.2, 0) is 20.9 Å². The molecule has 2 heterocycles. The number of imide groups is 1. The van der Waals surface area contributed by atoms with E-state index >= 15 is 0 Å². The van der Waals surface area contributed by atoms with E-state index in [9.17, 15) is 14.4 Å². The molecule has 128 valence electrons. The van der Waals surface area contributed by atoms with Crippen LogP contribution < -0.4 is 9.47 Å². The predicted octanol–water partition coefficient (Wildman–Crippen LogP) is 1.30. The Hall–Kier alpha value is -2.57. The Balaban J connectivity index is 1.58. The van der Waals surface area contributed by atoms with Gasteiger partial charge < -0.3 is 14.4 Å². The second-order valence-electron chi connectivity index (χ2n) is 5.78. The number of amides is 3. The molecular weight excluding hydrogens is 312 g/mol. The Morgan fingerprint density at radius 3 is 2.58 bits per heavy atom. The average Bonchev–Trinajstić information content (AvgIpc) is 3.17. The van der Waals surface area contributed by atoms with Crippen molar-refractivity contribution in [3.8, 4) is 11.5 Å². The minimum absolute atomic E-state index is 0.0809. The lowest BCUT2D eigenvalue weighted by atomic mass is 10.2. The zero-order chi connectivity index (χ0) is 17.1. The number of ether oxygens (including phenoxy) is 2. The Labute approximate surface area is 140 Å². The first-order chi connectivity index (χ1) is 11.6. The van der Waals surface area contributed by atoms with Crippen LogP contribution in [0.2, 0.25) is 0 Å². The Bertz CT molecular complexity index is 657. The fourth-order valence-corrected chi connectivity index (χ4v) is 2.87. The number of likely N-dealkylation sites (tertiary alicyclic amines) is 1. The third kappa shape index (κ3) is 3.34. The largest absolute Gasteiger partial charge is 0.454 e. The Morgan fingerprint density at radius 1 is 1.17 bits per heavy atom. The van der Waals surface area contributed by atoms with Crippen LogP contribution in [0.3, 0.4) is 0 Å². The Morgan fingerprint density at radius 2 is 1.88 bits per heavy atom. The van der Waals surface area contributed by atoms with Crippen molar-refractivity contribution in [3.63, 3.8) is 0 Å². The van der Waals surface area contributed by atoms with Crippen LogP contribution in [-0.4, -0.2) is 47.4 Å². The van der Waals surface area contributed by atoms with Gasteiger partial charge in [-0.3, -0.25) is 19.3 Å². The van der Waals surface area contributed by atoms with E-state index < -0.39 is 0 Å². The number of hydrogen-bond donors (Lipinski definition) is 0. The van der Waals surface area contributed by atoms with Gasteiger partial charge in [-0.15, -0.1) is 0 Å². The summed E-state index contributed by atoms with van der Waals surface area (Å²) in [6.07, 6.45) is 0.652. The molecule has 1 fully saturated rings. The number of hydrogen-bond acceptors (Lipinski definition) is 5. The fourth-order valence-electron chi connectivity index (χ4n) is 2.87. The molecule has 0 radical (unpaired) electrons. The van der Waals surface area contributed by atoms with Gasteiger partial charge in [0, 0.05) is 38.9 Å². The summed E-state index contributed by atoms with van der Waals surface area (Å²) < 4.78 is 10.6. The van der Waals surface area contributed by atoms with Gasteiger partial charge >= 0.3 is 0 Å². The van der Waals surface area contributed by atoms with Crippen molar-refractivity contribution in [2.75, 3.05) is 19.9 Å². The predicted molar refractivity (Wildman–Crippen MR) is 84.2 cm³/mol. The molecule has 1 aromatic carbocycles. The molecule has 2 aliphatic rings. The molecular formula is C17H20N2O5. The summed E-state index contributed by atoms with van der Waals surface area (Å²) in [4.78, 5) is 38.5. The molecule has 0 aliphatic carbocycles. The molecule has 0 atom stereocenters. The van der Waals surface area contributed by atoms with E-state index in [0.29, 0.717) is 24.6 Å². The minimum atomic E-state index is -0.188. The van der Waals surface area contributed by atoms with Gasteiger partial charge in [0.2, 0.25) is 24.5 Å². The lowest BCUT2D eigenvalue weighted by Crippen LogP contribution is -2.36. The second kappa shape index (κ2) is 6.90. The first-order valence-electron chi connectivity index (χ1n) is 8.08. The van der Waals surface area contributed by atoms with Gasteiger partial charge in [0.1, 0.15) is 0 Å². The van der Waals surface area contributed by atoms with E-state index in [2.05, 4.69) is 0 Å². The van der Waals surface area contributed by atoms with Crippen molar-refractivity contribution in [1.29, 1.82) is 0 Å². The standard InChI is InChI=1S/C17H20N2O5/c1-2-18(10-12-3-4-13-14(9-12)24-11-23-13)15(20)7-8-19-16(21)5-6-17(19)22/h3-4,9H,2,5-8,10-11H2,1H3. The van der Waals surface area contributed by atoms with Crippen LogP contribution in [0.5, 0.6) is 11.5 Å². The van der Waals surface area contributed by atoms with Gasteiger partial charge in [-0.2, -0.15) is 0 Å². The molecule has 3 rings (SSSR count). The van der Waals surface area contributed by atoms with Gasteiger partial charge in [-0.1, -0.05) is 6.07 Å². The summed E-state index contributed by atoms with van der Waals surface area (Å²) in [5, 5.41) is 0. The normalized spacial score (nSPS) is 16.0. The number of benzene rings is 1. The third-order valence-electron chi connectivity index (χ3n) is 4.25. The number of rotatable bonds is 6. The maximum absolute atomic E-state index is 12.4. The lowest BCUT2D eigenvalue weighted by molar-refractivity contribution is -0.139. The average molecular weight is 332 g/mol. The highest BCUT2D eigenvalue weighted by Gasteiger charge is 2.29. The first-order valence-corrected chi connectivity index (χ1v) is 8.08. The monoisotopic (exact) mass is 332 g/mol. The molecule has 7 heteroatoms. The van der Waals surface area contributed by atoms with Crippen molar-refractivity contribution in [3.05, 3.63) is 23.8 Å². The van der Waals surface area contributed by atoms with E-state index in [1.165, 1.54) is 4.90 Å². The van der Waals surface area contributed by atoms with Crippen molar-refractivity contribution < 1.29 is 23.9 Å². The van der Waals surface area contributed by atoms with Crippen molar-refractivity contribution >= 4 is 17.7 Å². The highest BCUT2D eigenvalue weighted by atomic mass is 16.7. The second-order valence-corrected chi connectivity index (χ2v) is 5.78. The molecule has 0 spiro atoms. The molecule has 3 amide bonds. The van der Waals surface area contributed by atoms with Gasteiger partial charge in [0.25, 0.3) is 0 Å². The first kappa shape index (κ1) is 16.3. The number of nitrogens with zero attached hydrogens (tertiary/aromatic N) is 2. The summed E-state index contributed by atoms with van der Waals surface area (Å²) in [7, 11) is 0. The van der Waals surface area contributed by atoms with Crippen LogP contribution >= 0.6 is 0 Å². The summed E-state index contributed by atoms with van der Waals surface area (Å²) in [5.41, 5.74) is 0.947. The summed E-state index contributed by atoms with van der Waals surface area (Å²) in [5.74, 6) is 0.935.